The van der Waals surface area contributed by atoms with Gasteiger partial charge in [0.05, 0.1) is 4.99 Å². The van der Waals surface area contributed by atoms with Crippen molar-refractivity contribution < 1.29 is 4.43 Å². The fourth-order valence-electron chi connectivity index (χ4n) is 1.58. The van der Waals surface area contributed by atoms with E-state index in [-0.39, 0.29) is 9.79 Å². The van der Waals surface area contributed by atoms with Crippen LogP contribution in [-0.4, -0.2) is 37.0 Å². The second kappa shape index (κ2) is 5.81. The summed E-state index contributed by atoms with van der Waals surface area (Å²) >= 11 is 7.34. The summed E-state index contributed by atoms with van der Waals surface area (Å²) in [6, 6.07) is 0. The smallest absolute Gasteiger partial charge is 0.192 e. The molecule has 1 atom stereocenters. The molecule has 0 aromatic rings. The molecular weight excluding hydrogens is 278 g/mol. The Morgan fingerprint density at radius 3 is 2.61 bits per heavy atom. The zero-order chi connectivity index (χ0) is 14.0. The van der Waals surface area contributed by atoms with E-state index in [2.05, 4.69) is 46.1 Å². The van der Waals surface area contributed by atoms with Crippen molar-refractivity contribution >= 4 is 37.3 Å². The van der Waals surface area contributed by atoms with Crippen LogP contribution in [0.15, 0.2) is 0 Å². The van der Waals surface area contributed by atoms with Crippen LogP contribution in [0.3, 0.4) is 0 Å². The highest BCUT2D eigenvalue weighted by molar-refractivity contribution is 8.00. The van der Waals surface area contributed by atoms with E-state index in [1.165, 1.54) is 0 Å². The van der Waals surface area contributed by atoms with E-state index in [9.17, 15) is 0 Å². The highest BCUT2D eigenvalue weighted by Gasteiger charge is 2.39. The fraction of sp³-hybridized carbons (Fsp3) is 0.923. The normalized spacial score (nSPS) is 26.7. The summed E-state index contributed by atoms with van der Waals surface area (Å²) in [5.41, 5.74) is 0. The Hall–Kier alpha value is 0.417. The van der Waals surface area contributed by atoms with Crippen LogP contribution in [0.25, 0.3) is 0 Å². The van der Waals surface area contributed by atoms with Gasteiger partial charge in [-0.1, -0.05) is 33.0 Å². The molecule has 0 bridgehead atoms. The first-order valence-corrected chi connectivity index (χ1v) is 10.9. The first kappa shape index (κ1) is 16.5. The first-order valence-electron chi connectivity index (χ1n) is 6.60. The lowest BCUT2D eigenvalue weighted by atomic mass is 10.1. The maximum atomic E-state index is 6.37. The highest BCUT2D eigenvalue weighted by Crippen LogP contribution is 2.39. The third-order valence-electron chi connectivity index (χ3n) is 3.95. The van der Waals surface area contributed by atoms with Crippen LogP contribution < -0.4 is 5.32 Å². The Morgan fingerprint density at radius 2 is 2.06 bits per heavy atom. The van der Waals surface area contributed by atoms with Gasteiger partial charge < -0.3 is 9.74 Å². The van der Waals surface area contributed by atoms with Gasteiger partial charge in [0.25, 0.3) is 0 Å². The monoisotopic (exact) mass is 305 g/mol. The molecule has 0 saturated carbocycles. The molecule has 0 aromatic carbocycles. The van der Waals surface area contributed by atoms with Gasteiger partial charge in [0.15, 0.2) is 8.32 Å². The number of thiocarbonyl (C=S) groups is 1. The van der Waals surface area contributed by atoms with Crippen molar-refractivity contribution in [2.75, 3.05) is 18.9 Å². The second-order valence-electron chi connectivity index (χ2n) is 6.87. The molecule has 0 radical (unpaired) electrons. The SMILES string of the molecule is CC(C)(C)[Si](C)(C)OC[C@]1(C)CC(=S)NCCS1. The lowest BCUT2D eigenvalue weighted by molar-refractivity contribution is 0.257. The van der Waals surface area contributed by atoms with E-state index in [0.717, 1.165) is 30.3 Å². The van der Waals surface area contributed by atoms with Crippen LogP contribution in [0.1, 0.15) is 34.1 Å². The molecule has 18 heavy (non-hydrogen) atoms. The molecule has 2 nitrogen and oxygen atoms in total. The van der Waals surface area contributed by atoms with Crippen LogP contribution >= 0.6 is 24.0 Å². The number of rotatable bonds is 3. The maximum Gasteiger partial charge on any atom is 0.192 e. The van der Waals surface area contributed by atoms with Gasteiger partial charge in [-0.15, -0.1) is 0 Å². The second-order valence-corrected chi connectivity index (χ2v) is 13.9. The minimum atomic E-state index is -1.65. The molecule has 1 N–H and O–H groups in total. The predicted octanol–water partition coefficient (Wildman–Crippen LogP) is 3.82. The number of hydrogen-bond acceptors (Lipinski definition) is 3. The highest BCUT2D eigenvalue weighted by atomic mass is 32.2. The molecule has 0 amide bonds. The van der Waals surface area contributed by atoms with Crippen molar-refractivity contribution in [1.82, 2.24) is 5.32 Å². The lowest BCUT2D eigenvalue weighted by Gasteiger charge is -2.39. The third-order valence-corrected chi connectivity index (χ3v) is 10.1. The van der Waals surface area contributed by atoms with Gasteiger partial charge in [0, 0.05) is 30.1 Å². The zero-order valence-electron chi connectivity index (χ0n) is 12.6. The molecule has 0 aliphatic carbocycles. The van der Waals surface area contributed by atoms with Gasteiger partial charge in [-0.3, -0.25) is 0 Å². The van der Waals surface area contributed by atoms with Gasteiger partial charge in [-0.2, -0.15) is 11.8 Å². The molecule has 0 unspecified atom stereocenters. The first-order chi connectivity index (χ1) is 8.06. The van der Waals surface area contributed by atoms with Gasteiger partial charge in [0.2, 0.25) is 0 Å². The molecule has 1 rings (SSSR count). The number of nitrogens with one attached hydrogen (secondary N) is 1. The van der Waals surface area contributed by atoms with Crippen LogP contribution in [0.4, 0.5) is 0 Å². The van der Waals surface area contributed by atoms with Gasteiger partial charge in [0.1, 0.15) is 0 Å². The number of hydrogen-bond donors (Lipinski definition) is 1. The summed E-state index contributed by atoms with van der Waals surface area (Å²) in [7, 11) is -1.65. The molecule has 5 heteroatoms. The molecule has 1 heterocycles. The standard InChI is InChI=1S/C13H27NOS2Si/c1-12(2,3)18(5,6)15-10-13(4)9-11(16)14-7-8-17-13/h7-10H2,1-6H3,(H,14,16)/t13-/m0/s1. The van der Waals surface area contributed by atoms with Gasteiger partial charge in [-0.05, 0) is 25.1 Å². The van der Waals surface area contributed by atoms with Crippen molar-refractivity contribution in [3.8, 4) is 0 Å². The molecular formula is C13H27NOS2Si. The summed E-state index contributed by atoms with van der Waals surface area (Å²) in [4.78, 5) is 0.987. The Bertz CT molecular complexity index is 315. The van der Waals surface area contributed by atoms with E-state index in [1.54, 1.807) is 0 Å². The summed E-state index contributed by atoms with van der Waals surface area (Å²) in [5, 5.41) is 3.57. The summed E-state index contributed by atoms with van der Waals surface area (Å²) in [6.45, 7) is 15.6. The third kappa shape index (κ3) is 4.51. The quantitative estimate of drug-likeness (QED) is 0.632. The molecule has 0 aromatic heterocycles. The van der Waals surface area contributed by atoms with Crippen molar-refractivity contribution in [3.05, 3.63) is 0 Å². The molecule has 1 fully saturated rings. The minimum absolute atomic E-state index is 0.135. The largest absolute Gasteiger partial charge is 0.415 e. The lowest BCUT2D eigenvalue weighted by Crippen LogP contribution is -2.45. The van der Waals surface area contributed by atoms with Crippen molar-refractivity contribution in [2.24, 2.45) is 0 Å². The van der Waals surface area contributed by atoms with E-state index >= 15 is 0 Å². The Kier molecular flexibility index (Phi) is 5.32. The van der Waals surface area contributed by atoms with Gasteiger partial charge >= 0.3 is 0 Å². The Labute approximate surface area is 123 Å². The van der Waals surface area contributed by atoms with Crippen LogP contribution in [0, 0.1) is 0 Å². The van der Waals surface area contributed by atoms with Crippen molar-refractivity contribution in [3.63, 3.8) is 0 Å². The molecule has 1 aliphatic heterocycles. The summed E-state index contributed by atoms with van der Waals surface area (Å²) in [6.07, 6.45) is 0.932. The maximum absolute atomic E-state index is 6.37. The minimum Gasteiger partial charge on any atom is -0.415 e. The van der Waals surface area contributed by atoms with E-state index < -0.39 is 8.32 Å². The van der Waals surface area contributed by atoms with Crippen molar-refractivity contribution in [1.29, 1.82) is 0 Å². The predicted molar refractivity (Wildman–Crippen MR) is 89.2 cm³/mol. The van der Waals surface area contributed by atoms with Crippen LogP contribution in [0.2, 0.25) is 18.1 Å². The molecule has 106 valence electrons. The number of thioether (sulfide) groups is 1. The topological polar surface area (TPSA) is 21.3 Å². The average Bonchev–Trinajstić information content (AvgIpc) is 2.36. The Morgan fingerprint density at radius 1 is 1.44 bits per heavy atom. The molecule has 1 saturated heterocycles. The van der Waals surface area contributed by atoms with E-state index in [4.69, 9.17) is 16.6 Å². The van der Waals surface area contributed by atoms with Crippen LogP contribution in [-0.2, 0) is 4.43 Å². The molecule has 0 spiro atoms. The van der Waals surface area contributed by atoms with Crippen LogP contribution in [0.5, 0.6) is 0 Å². The summed E-state index contributed by atoms with van der Waals surface area (Å²) in [5.74, 6) is 1.11. The Balaban J connectivity index is 2.63. The fourth-order valence-corrected chi connectivity index (χ4v) is 4.40. The summed E-state index contributed by atoms with van der Waals surface area (Å²) < 4.78 is 6.51. The van der Waals surface area contributed by atoms with Crippen molar-refractivity contribution in [2.45, 2.75) is 57.0 Å². The van der Waals surface area contributed by atoms with Gasteiger partial charge in [-0.25, -0.2) is 0 Å². The molecule has 1 aliphatic rings. The zero-order valence-corrected chi connectivity index (χ0v) is 15.2. The average molecular weight is 306 g/mol. The van der Waals surface area contributed by atoms with E-state index in [1.807, 2.05) is 11.8 Å². The van der Waals surface area contributed by atoms with E-state index in [0.29, 0.717) is 0 Å².